The molecule has 0 aliphatic rings. The molecule has 0 fully saturated rings. The van der Waals surface area contributed by atoms with Crippen LogP contribution in [0.3, 0.4) is 0 Å². The SMILES string of the molecule is NCCCCC(NC(=O)C(CC(N)=O)NC(=O)C(CCC(=O)O)NC(=O)CN)C(=O)O. The number of aliphatic carboxylic acids is 2. The normalized spacial score (nSPS) is 13.4. The van der Waals surface area contributed by atoms with E-state index >= 15 is 0 Å². The Labute approximate surface area is 178 Å². The van der Waals surface area contributed by atoms with Gasteiger partial charge in [0.05, 0.1) is 13.0 Å². The van der Waals surface area contributed by atoms with Crippen LogP contribution in [-0.4, -0.2) is 77.0 Å². The predicted octanol–water partition coefficient (Wildman–Crippen LogP) is -3.65. The summed E-state index contributed by atoms with van der Waals surface area (Å²) in [5.41, 5.74) is 15.6. The highest BCUT2D eigenvalue weighted by atomic mass is 16.4. The van der Waals surface area contributed by atoms with Crippen molar-refractivity contribution in [1.82, 2.24) is 16.0 Å². The molecule has 31 heavy (non-hydrogen) atoms. The second-order valence-corrected chi connectivity index (χ2v) is 6.67. The van der Waals surface area contributed by atoms with Gasteiger partial charge in [-0.15, -0.1) is 0 Å². The van der Waals surface area contributed by atoms with Gasteiger partial charge in [-0.3, -0.25) is 24.0 Å². The summed E-state index contributed by atoms with van der Waals surface area (Å²) < 4.78 is 0. The van der Waals surface area contributed by atoms with Gasteiger partial charge in [0.15, 0.2) is 0 Å². The van der Waals surface area contributed by atoms with Gasteiger partial charge >= 0.3 is 11.9 Å². The molecular weight excluding hydrogens is 416 g/mol. The molecule has 0 rings (SSSR count). The van der Waals surface area contributed by atoms with E-state index in [4.69, 9.17) is 22.3 Å². The minimum atomic E-state index is -1.54. The lowest BCUT2D eigenvalue weighted by atomic mass is 10.1. The summed E-state index contributed by atoms with van der Waals surface area (Å²) in [6.45, 7) is -0.127. The number of carboxylic acids is 2. The minimum absolute atomic E-state index is 0.0727. The molecule has 14 nitrogen and oxygen atoms in total. The fourth-order valence-electron chi connectivity index (χ4n) is 2.50. The highest BCUT2D eigenvalue weighted by molar-refractivity contribution is 5.95. The molecule has 0 aromatic carbocycles. The highest BCUT2D eigenvalue weighted by Crippen LogP contribution is 2.04. The van der Waals surface area contributed by atoms with Crippen molar-refractivity contribution in [2.75, 3.05) is 13.1 Å². The number of carboxylic acid groups (broad SMARTS) is 2. The summed E-state index contributed by atoms with van der Waals surface area (Å²) in [5.74, 6) is -6.18. The maximum Gasteiger partial charge on any atom is 0.326 e. The Morgan fingerprint density at radius 2 is 1.35 bits per heavy atom. The number of primary amides is 1. The predicted molar refractivity (Wildman–Crippen MR) is 106 cm³/mol. The van der Waals surface area contributed by atoms with Crippen LogP contribution in [0.5, 0.6) is 0 Å². The number of nitrogens with two attached hydrogens (primary N) is 3. The lowest BCUT2D eigenvalue weighted by Crippen LogP contribution is -2.57. The Balaban J connectivity index is 5.35. The molecule has 3 unspecified atom stereocenters. The van der Waals surface area contributed by atoms with Crippen molar-refractivity contribution >= 4 is 35.6 Å². The summed E-state index contributed by atoms with van der Waals surface area (Å²) in [6, 6.07) is -4.18. The van der Waals surface area contributed by atoms with Crippen LogP contribution in [0.2, 0.25) is 0 Å². The Morgan fingerprint density at radius 3 is 1.84 bits per heavy atom. The van der Waals surface area contributed by atoms with Gasteiger partial charge in [-0.1, -0.05) is 0 Å². The molecule has 0 aliphatic carbocycles. The summed E-state index contributed by atoms with van der Waals surface area (Å²) >= 11 is 0. The van der Waals surface area contributed by atoms with E-state index < -0.39 is 73.1 Å². The van der Waals surface area contributed by atoms with E-state index in [2.05, 4.69) is 16.0 Å². The molecule has 0 radical (unpaired) electrons. The molecule has 0 aliphatic heterocycles. The van der Waals surface area contributed by atoms with Crippen molar-refractivity contribution in [1.29, 1.82) is 0 Å². The number of amides is 4. The Kier molecular flexibility index (Phi) is 13.1. The summed E-state index contributed by atoms with van der Waals surface area (Å²) in [7, 11) is 0. The number of hydrogen-bond acceptors (Lipinski definition) is 8. The fraction of sp³-hybridized carbons (Fsp3) is 0.647. The molecule has 0 aromatic rings. The zero-order chi connectivity index (χ0) is 24.0. The Hall–Kier alpha value is -3.26. The molecule has 0 bridgehead atoms. The van der Waals surface area contributed by atoms with E-state index in [0.717, 1.165) is 0 Å². The van der Waals surface area contributed by atoms with Gasteiger partial charge in [-0.25, -0.2) is 4.79 Å². The van der Waals surface area contributed by atoms with Crippen molar-refractivity contribution in [3.8, 4) is 0 Å². The number of rotatable bonds is 16. The molecule has 176 valence electrons. The average molecular weight is 446 g/mol. The smallest absolute Gasteiger partial charge is 0.326 e. The van der Waals surface area contributed by atoms with Crippen LogP contribution in [0, 0.1) is 0 Å². The lowest BCUT2D eigenvalue weighted by Gasteiger charge is -2.23. The Morgan fingerprint density at radius 1 is 0.774 bits per heavy atom. The maximum absolute atomic E-state index is 12.5. The van der Waals surface area contributed by atoms with Crippen LogP contribution >= 0.6 is 0 Å². The molecule has 3 atom stereocenters. The number of carbonyl (C=O) groups is 6. The maximum atomic E-state index is 12.5. The summed E-state index contributed by atoms with van der Waals surface area (Å²) in [5, 5.41) is 24.7. The van der Waals surface area contributed by atoms with Gasteiger partial charge in [0.2, 0.25) is 23.6 Å². The molecule has 11 N–H and O–H groups in total. The highest BCUT2D eigenvalue weighted by Gasteiger charge is 2.30. The molecule has 0 saturated carbocycles. The number of carbonyl (C=O) groups excluding carboxylic acids is 4. The van der Waals surface area contributed by atoms with Crippen molar-refractivity contribution in [3.63, 3.8) is 0 Å². The standard InChI is InChI=1S/C17H30N6O8/c18-6-2-1-3-10(17(30)31)22-16(29)11(7-12(20)24)23-15(28)9(4-5-14(26)27)21-13(25)8-19/h9-11H,1-8,18-19H2,(H2,20,24)(H,21,25)(H,22,29)(H,23,28)(H,26,27)(H,30,31). The van der Waals surface area contributed by atoms with Crippen LogP contribution in [0.4, 0.5) is 0 Å². The molecule has 0 heterocycles. The topological polar surface area (TPSA) is 257 Å². The Bertz CT molecular complexity index is 671. The third kappa shape index (κ3) is 12.1. The summed E-state index contributed by atoms with van der Waals surface area (Å²) in [4.78, 5) is 70.0. The second-order valence-electron chi connectivity index (χ2n) is 6.67. The zero-order valence-electron chi connectivity index (χ0n) is 17.0. The monoisotopic (exact) mass is 446 g/mol. The first-order valence-electron chi connectivity index (χ1n) is 9.54. The number of hydrogen-bond donors (Lipinski definition) is 8. The van der Waals surface area contributed by atoms with Gasteiger partial charge in [0.25, 0.3) is 0 Å². The zero-order valence-corrected chi connectivity index (χ0v) is 17.0. The first kappa shape index (κ1) is 27.7. The molecule has 4 amide bonds. The van der Waals surface area contributed by atoms with Crippen molar-refractivity contribution < 1.29 is 39.0 Å². The molecule has 0 spiro atoms. The van der Waals surface area contributed by atoms with Crippen LogP contribution in [0.1, 0.15) is 38.5 Å². The van der Waals surface area contributed by atoms with E-state index in [0.29, 0.717) is 19.4 Å². The van der Waals surface area contributed by atoms with E-state index in [-0.39, 0.29) is 12.8 Å². The van der Waals surface area contributed by atoms with Crippen LogP contribution in [-0.2, 0) is 28.8 Å². The quantitative estimate of drug-likeness (QED) is 0.108. The molecule has 0 saturated heterocycles. The van der Waals surface area contributed by atoms with E-state index in [1.165, 1.54) is 0 Å². The van der Waals surface area contributed by atoms with E-state index in [1.807, 2.05) is 0 Å². The third-order valence-corrected chi connectivity index (χ3v) is 4.08. The van der Waals surface area contributed by atoms with Gasteiger partial charge < -0.3 is 43.4 Å². The largest absolute Gasteiger partial charge is 0.481 e. The first-order valence-corrected chi connectivity index (χ1v) is 9.54. The van der Waals surface area contributed by atoms with Crippen molar-refractivity contribution in [2.45, 2.75) is 56.7 Å². The fourth-order valence-corrected chi connectivity index (χ4v) is 2.50. The molecule has 14 heteroatoms. The van der Waals surface area contributed by atoms with Gasteiger partial charge in [-0.2, -0.15) is 0 Å². The van der Waals surface area contributed by atoms with E-state index in [1.54, 1.807) is 0 Å². The average Bonchev–Trinajstić information content (AvgIpc) is 2.68. The van der Waals surface area contributed by atoms with Crippen molar-refractivity contribution in [3.05, 3.63) is 0 Å². The van der Waals surface area contributed by atoms with Crippen LogP contribution in [0.25, 0.3) is 0 Å². The first-order chi connectivity index (χ1) is 14.5. The minimum Gasteiger partial charge on any atom is -0.481 e. The number of unbranched alkanes of at least 4 members (excludes halogenated alkanes) is 1. The summed E-state index contributed by atoms with van der Waals surface area (Å²) in [6.07, 6.45) is -0.408. The van der Waals surface area contributed by atoms with Crippen LogP contribution < -0.4 is 33.2 Å². The number of nitrogens with one attached hydrogen (secondary N) is 3. The van der Waals surface area contributed by atoms with Crippen LogP contribution in [0.15, 0.2) is 0 Å². The van der Waals surface area contributed by atoms with Crippen molar-refractivity contribution in [2.24, 2.45) is 17.2 Å². The lowest BCUT2D eigenvalue weighted by molar-refractivity contribution is -0.142. The second kappa shape index (κ2) is 14.7. The van der Waals surface area contributed by atoms with E-state index in [9.17, 15) is 33.9 Å². The molecular formula is C17H30N6O8. The van der Waals surface area contributed by atoms with Gasteiger partial charge in [-0.05, 0) is 32.2 Å². The van der Waals surface area contributed by atoms with Gasteiger partial charge in [0, 0.05) is 6.42 Å². The molecule has 0 aromatic heterocycles. The van der Waals surface area contributed by atoms with Gasteiger partial charge in [0.1, 0.15) is 18.1 Å². The third-order valence-electron chi connectivity index (χ3n) is 4.08.